The summed E-state index contributed by atoms with van der Waals surface area (Å²) in [6.07, 6.45) is -0.443. The van der Waals surface area contributed by atoms with Crippen LogP contribution in [-0.4, -0.2) is 63.6 Å². The summed E-state index contributed by atoms with van der Waals surface area (Å²) in [5.74, 6) is 0. The second kappa shape index (κ2) is 3.79. The fourth-order valence-corrected chi connectivity index (χ4v) is 5.21. The summed E-state index contributed by atoms with van der Waals surface area (Å²) < 4.78 is 36.2. The predicted molar refractivity (Wildman–Crippen MR) is 77.8 cm³/mol. The molecule has 1 saturated carbocycles. The van der Waals surface area contributed by atoms with Crippen LogP contribution < -0.4 is 0 Å². The molecule has 6 rings (SSSR count). The molecule has 6 nitrogen and oxygen atoms in total. The van der Waals surface area contributed by atoms with Gasteiger partial charge in [0.05, 0.1) is 13.2 Å². The first-order valence-electron chi connectivity index (χ1n) is 8.12. The molecule has 6 aliphatic rings. The van der Waals surface area contributed by atoms with E-state index >= 15 is 0 Å². The van der Waals surface area contributed by atoms with E-state index in [9.17, 15) is 0 Å². The van der Waals surface area contributed by atoms with E-state index in [-0.39, 0.29) is 40.7 Å². The Labute approximate surface area is 131 Å². The molecule has 6 fully saturated rings. The molecule has 0 radical (unpaired) electrons. The third kappa shape index (κ3) is 1.56. The standard InChI is InChI=1S/C15H24O6Si/c1-13(2,3)22(4,5)21-8-9-14(6-16-14)11-15(7-17-15)10(8)19-12(18-9)20-11/h8-12H,6-7H2,1-5H3/t8?,9-,10+,11?,12?,14+,15-. The summed E-state index contributed by atoms with van der Waals surface area (Å²) in [4.78, 5) is 0. The van der Waals surface area contributed by atoms with Crippen molar-refractivity contribution in [3.63, 3.8) is 0 Å². The first-order valence-corrected chi connectivity index (χ1v) is 11.0. The van der Waals surface area contributed by atoms with Crippen LogP contribution >= 0.6 is 0 Å². The Morgan fingerprint density at radius 1 is 0.955 bits per heavy atom. The van der Waals surface area contributed by atoms with Gasteiger partial charge < -0.3 is 28.1 Å². The maximum atomic E-state index is 6.70. The van der Waals surface area contributed by atoms with Crippen molar-refractivity contribution >= 4 is 8.32 Å². The van der Waals surface area contributed by atoms with Crippen LogP contribution in [-0.2, 0) is 28.1 Å². The van der Waals surface area contributed by atoms with Crippen LogP contribution in [0.15, 0.2) is 0 Å². The average molecular weight is 328 g/mol. The summed E-state index contributed by atoms with van der Waals surface area (Å²) >= 11 is 0. The maximum Gasteiger partial charge on any atom is 0.273 e. The molecule has 0 aromatic carbocycles. The van der Waals surface area contributed by atoms with E-state index in [1.165, 1.54) is 0 Å². The van der Waals surface area contributed by atoms with Gasteiger partial charge in [-0.3, -0.25) is 0 Å². The SMILES string of the molecule is CC(C)(C)[Si](C)(C)OC1[C@H]2OC3OC([C@@]4(CO4)[C@H]1O3)[C@]21CO1. The fraction of sp³-hybridized carbons (Fsp3) is 1.00. The highest BCUT2D eigenvalue weighted by molar-refractivity contribution is 6.74. The molecule has 1 aliphatic carbocycles. The van der Waals surface area contributed by atoms with Crippen molar-refractivity contribution in [2.45, 2.75) is 81.0 Å². The molecule has 0 N–H and O–H groups in total. The van der Waals surface area contributed by atoms with Gasteiger partial charge in [-0.05, 0) is 18.1 Å². The Bertz CT molecular complexity index is 491. The van der Waals surface area contributed by atoms with Crippen LogP contribution in [0.25, 0.3) is 0 Å². The number of hydrogen-bond acceptors (Lipinski definition) is 6. The van der Waals surface area contributed by atoms with E-state index in [1.54, 1.807) is 0 Å². The molecule has 0 amide bonds. The van der Waals surface area contributed by atoms with Crippen LogP contribution in [0.2, 0.25) is 18.1 Å². The topological polar surface area (TPSA) is 62.0 Å². The van der Waals surface area contributed by atoms with E-state index in [0.29, 0.717) is 13.2 Å². The van der Waals surface area contributed by atoms with Gasteiger partial charge in [-0.2, -0.15) is 0 Å². The van der Waals surface area contributed by atoms with Gasteiger partial charge >= 0.3 is 0 Å². The summed E-state index contributed by atoms with van der Waals surface area (Å²) in [5, 5.41) is 0.132. The van der Waals surface area contributed by atoms with Crippen LogP contribution in [0, 0.1) is 0 Å². The van der Waals surface area contributed by atoms with Crippen LogP contribution in [0.3, 0.4) is 0 Å². The molecule has 2 spiro atoms. The zero-order chi connectivity index (χ0) is 15.5. The number of hydrogen-bond donors (Lipinski definition) is 0. The first-order chi connectivity index (χ1) is 10.2. The lowest BCUT2D eigenvalue weighted by molar-refractivity contribution is -0.473. The molecule has 5 aliphatic heterocycles. The Hall–Kier alpha value is -0.0231. The second-order valence-corrected chi connectivity index (χ2v) is 13.5. The van der Waals surface area contributed by atoms with Gasteiger partial charge in [0.2, 0.25) is 0 Å². The second-order valence-electron chi connectivity index (χ2n) is 8.75. The molecular formula is C15H24O6Si. The van der Waals surface area contributed by atoms with E-state index in [4.69, 9.17) is 28.1 Å². The number of ether oxygens (including phenoxy) is 5. The molecule has 7 atom stereocenters. The molecule has 22 heavy (non-hydrogen) atoms. The van der Waals surface area contributed by atoms with Gasteiger partial charge in [-0.25, -0.2) is 0 Å². The highest BCUT2D eigenvalue weighted by Gasteiger charge is 2.84. The van der Waals surface area contributed by atoms with Crippen LogP contribution in [0.1, 0.15) is 20.8 Å². The third-order valence-corrected chi connectivity index (χ3v) is 10.9. The van der Waals surface area contributed by atoms with Crippen molar-refractivity contribution in [3.8, 4) is 0 Å². The van der Waals surface area contributed by atoms with Gasteiger partial charge in [0.1, 0.15) is 35.6 Å². The molecule has 0 aromatic heterocycles. The third-order valence-electron chi connectivity index (χ3n) is 6.40. The Morgan fingerprint density at radius 2 is 1.45 bits per heavy atom. The molecule has 5 heterocycles. The lowest BCUT2D eigenvalue weighted by Crippen LogP contribution is -2.79. The van der Waals surface area contributed by atoms with E-state index < -0.39 is 14.8 Å². The van der Waals surface area contributed by atoms with Gasteiger partial charge in [0, 0.05) is 0 Å². The van der Waals surface area contributed by atoms with Crippen LogP contribution in [0.5, 0.6) is 0 Å². The number of rotatable bonds is 2. The summed E-state index contributed by atoms with van der Waals surface area (Å²) in [6, 6.07) is 0. The van der Waals surface area contributed by atoms with Crippen molar-refractivity contribution in [3.05, 3.63) is 0 Å². The van der Waals surface area contributed by atoms with Gasteiger partial charge in [-0.1, -0.05) is 20.8 Å². The van der Waals surface area contributed by atoms with Crippen LogP contribution in [0.4, 0.5) is 0 Å². The minimum absolute atomic E-state index is 0.0817. The minimum atomic E-state index is -1.95. The molecule has 0 aromatic rings. The highest BCUT2D eigenvalue weighted by Crippen LogP contribution is 2.62. The van der Waals surface area contributed by atoms with Gasteiger partial charge in [0.15, 0.2) is 8.32 Å². The normalized spacial score (nSPS) is 55.2. The van der Waals surface area contributed by atoms with E-state index in [2.05, 4.69) is 33.9 Å². The zero-order valence-electron chi connectivity index (χ0n) is 13.8. The van der Waals surface area contributed by atoms with Gasteiger partial charge in [-0.15, -0.1) is 0 Å². The molecule has 5 saturated heterocycles. The van der Waals surface area contributed by atoms with Gasteiger partial charge in [0.25, 0.3) is 6.48 Å². The van der Waals surface area contributed by atoms with E-state index in [1.807, 2.05) is 0 Å². The molecule has 7 heteroatoms. The van der Waals surface area contributed by atoms with Crippen molar-refractivity contribution < 1.29 is 28.1 Å². The lowest BCUT2D eigenvalue weighted by Gasteiger charge is -2.59. The molecule has 3 unspecified atom stereocenters. The number of epoxide rings is 2. The monoisotopic (exact) mass is 328 g/mol. The zero-order valence-corrected chi connectivity index (χ0v) is 14.8. The Balaban J connectivity index is 1.51. The largest absolute Gasteiger partial charge is 0.408 e. The summed E-state index contributed by atoms with van der Waals surface area (Å²) in [5.41, 5.74) is -0.777. The maximum absolute atomic E-state index is 6.70. The molecular weight excluding hydrogens is 304 g/mol. The summed E-state index contributed by atoms with van der Waals surface area (Å²) in [7, 11) is -1.95. The predicted octanol–water partition coefficient (Wildman–Crippen LogP) is 1.39. The van der Waals surface area contributed by atoms with Crippen molar-refractivity contribution in [1.82, 2.24) is 0 Å². The molecule has 124 valence electrons. The van der Waals surface area contributed by atoms with E-state index in [0.717, 1.165) is 0 Å². The Morgan fingerprint density at radius 3 is 1.86 bits per heavy atom. The minimum Gasteiger partial charge on any atom is -0.408 e. The van der Waals surface area contributed by atoms with Crippen molar-refractivity contribution in [2.75, 3.05) is 13.2 Å². The lowest BCUT2D eigenvalue weighted by atomic mass is 9.71. The first kappa shape index (κ1) is 14.3. The van der Waals surface area contributed by atoms with Crippen molar-refractivity contribution in [2.24, 2.45) is 0 Å². The Kier molecular flexibility index (Phi) is 2.47. The quantitative estimate of drug-likeness (QED) is 0.564. The summed E-state index contributed by atoms with van der Waals surface area (Å²) in [6.45, 7) is 12.0. The highest BCUT2D eigenvalue weighted by atomic mass is 28.4. The fourth-order valence-electron chi connectivity index (χ4n) is 3.93. The van der Waals surface area contributed by atoms with Crippen molar-refractivity contribution in [1.29, 1.82) is 0 Å². The average Bonchev–Trinajstić information content (AvgIpc) is 3.30. The molecule has 4 bridgehead atoms. The smallest absolute Gasteiger partial charge is 0.273 e.